The SMILES string of the molecule is CSC1CCC(NCC2CCCCC2)C1. The smallest absolute Gasteiger partial charge is 0.00781 e. The molecule has 2 rings (SSSR count). The van der Waals surface area contributed by atoms with Gasteiger partial charge < -0.3 is 5.32 Å². The van der Waals surface area contributed by atoms with E-state index in [0.717, 1.165) is 17.2 Å². The maximum atomic E-state index is 3.80. The fourth-order valence-corrected chi connectivity index (χ4v) is 3.86. The van der Waals surface area contributed by atoms with Gasteiger partial charge in [-0.15, -0.1) is 0 Å². The molecule has 15 heavy (non-hydrogen) atoms. The lowest BCUT2D eigenvalue weighted by molar-refractivity contribution is 0.327. The second-order valence-corrected chi connectivity index (χ2v) is 6.42. The van der Waals surface area contributed by atoms with E-state index in [9.17, 15) is 0 Å². The molecule has 2 saturated carbocycles. The van der Waals surface area contributed by atoms with E-state index in [1.54, 1.807) is 0 Å². The second kappa shape index (κ2) is 6.15. The maximum Gasteiger partial charge on any atom is 0.00781 e. The van der Waals surface area contributed by atoms with Gasteiger partial charge in [-0.3, -0.25) is 0 Å². The lowest BCUT2D eigenvalue weighted by Gasteiger charge is -2.23. The molecule has 0 saturated heterocycles. The fraction of sp³-hybridized carbons (Fsp3) is 1.00. The van der Waals surface area contributed by atoms with E-state index in [-0.39, 0.29) is 0 Å². The van der Waals surface area contributed by atoms with Crippen LogP contribution < -0.4 is 5.32 Å². The molecule has 0 spiro atoms. The van der Waals surface area contributed by atoms with Gasteiger partial charge in [-0.25, -0.2) is 0 Å². The van der Waals surface area contributed by atoms with Crippen molar-refractivity contribution in [2.45, 2.75) is 62.7 Å². The van der Waals surface area contributed by atoms with Crippen molar-refractivity contribution in [3.8, 4) is 0 Å². The molecule has 0 radical (unpaired) electrons. The number of rotatable bonds is 4. The fourth-order valence-electron chi connectivity index (χ4n) is 3.06. The Hall–Kier alpha value is 0.310. The first-order valence-electron chi connectivity index (χ1n) is 6.64. The summed E-state index contributed by atoms with van der Waals surface area (Å²) in [5.74, 6) is 0.993. The summed E-state index contributed by atoms with van der Waals surface area (Å²) in [6.07, 6.45) is 13.9. The van der Waals surface area contributed by atoms with E-state index in [1.807, 2.05) is 0 Å². The molecule has 0 heterocycles. The van der Waals surface area contributed by atoms with Crippen molar-refractivity contribution in [3.05, 3.63) is 0 Å². The summed E-state index contributed by atoms with van der Waals surface area (Å²) in [4.78, 5) is 0. The van der Waals surface area contributed by atoms with Gasteiger partial charge in [0.25, 0.3) is 0 Å². The Labute approximate surface area is 98.8 Å². The van der Waals surface area contributed by atoms with Crippen LogP contribution in [0.1, 0.15) is 51.4 Å². The van der Waals surface area contributed by atoms with E-state index < -0.39 is 0 Å². The highest BCUT2D eigenvalue weighted by Gasteiger charge is 2.24. The predicted molar refractivity (Wildman–Crippen MR) is 69.5 cm³/mol. The Morgan fingerprint density at radius 2 is 1.87 bits per heavy atom. The van der Waals surface area contributed by atoms with Crippen LogP contribution in [-0.4, -0.2) is 24.1 Å². The van der Waals surface area contributed by atoms with Gasteiger partial charge in [0.15, 0.2) is 0 Å². The average Bonchev–Trinajstić information content (AvgIpc) is 2.76. The van der Waals surface area contributed by atoms with Gasteiger partial charge >= 0.3 is 0 Å². The van der Waals surface area contributed by atoms with Crippen LogP contribution in [0.4, 0.5) is 0 Å². The minimum Gasteiger partial charge on any atom is -0.314 e. The maximum absolute atomic E-state index is 3.80. The number of thioether (sulfide) groups is 1. The third-order valence-corrected chi connectivity index (χ3v) is 5.23. The van der Waals surface area contributed by atoms with Gasteiger partial charge in [0.1, 0.15) is 0 Å². The normalized spacial score (nSPS) is 33.4. The lowest BCUT2D eigenvalue weighted by Crippen LogP contribution is -2.32. The van der Waals surface area contributed by atoms with Crippen LogP contribution in [0.3, 0.4) is 0 Å². The van der Waals surface area contributed by atoms with Crippen LogP contribution in [0, 0.1) is 5.92 Å². The quantitative estimate of drug-likeness (QED) is 0.789. The molecule has 1 N–H and O–H groups in total. The summed E-state index contributed by atoms with van der Waals surface area (Å²) < 4.78 is 0. The molecule has 0 aromatic carbocycles. The molecule has 2 heteroatoms. The molecular weight excluding hydrogens is 202 g/mol. The van der Waals surface area contributed by atoms with Crippen LogP contribution in [-0.2, 0) is 0 Å². The third-order valence-electron chi connectivity index (χ3n) is 4.14. The van der Waals surface area contributed by atoms with Gasteiger partial charge in [0.05, 0.1) is 0 Å². The van der Waals surface area contributed by atoms with Crippen LogP contribution >= 0.6 is 11.8 Å². The van der Waals surface area contributed by atoms with Crippen molar-refractivity contribution >= 4 is 11.8 Å². The molecule has 0 amide bonds. The van der Waals surface area contributed by atoms with Crippen molar-refractivity contribution in [1.29, 1.82) is 0 Å². The monoisotopic (exact) mass is 227 g/mol. The first-order chi connectivity index (χ1) is 7.38. The molecule has 2 aliphatic carbocycles. The Morgan fingerprint density at radius 3 is 2.53 bits per heavy atom. The highest BCUT2D eigenvalue weighted by atomic mass is 32.2. The van der Waals surface area contributed by atoms with Gasteiger partial charge in [0, 0.05) is 11.3 Å². The second-order valence-electron chi connectivity index (χ2n) is 5.28. The first kappa shape index (κ1) is 11.8. The summed E-state index contributed by atoms with van der Waals surface area (Å²) in [6.45, 7) is 1.30. The number of hydrogen-bond donors (Lipinski definition) is 1. The molecule has 0 bridgehead atoms. The zero-order valence-corrected chi connectivity index (χ0v) is 10.8. The van der Waals surface area contributed by atoms with Crippen molar-refractivity contribution in [2.75, 3.05) is 12.8 Å². The predicted octanol–water partition coefficient (Wildman–Crippen LogP) is 3.44. The third kappa shape index (κ3) is 3.67. The van der Waals surface area contributed by atoms with Gasteiger partial charge in [-0.1, -0.05) is 19.3 Å². The van der Waals surface area contributed by atoms with E-state index in [0.29, 0.717) is 0 Å². The van der Waals surface area contributed by atoms with Gasteiger partial charge in [-0.2, -0.15) is 11.8 Å². The Morgan fingerprint density at radius 1 is 1.07 bits per heavy atom. The van der Waals surface area contributed by atoms with E-state index in [4.69, 9.17) is 0 Å². The molecule has 1 nitrogen and oxygen atoms in total. The standard InChI is InChI=1S/C13H25NS/c1-15-13-8-7-12(9-13)14-10-11-5-3-2-4-6-11/h11-14H,2-10H2,1H3. The summed E-state index contributed by atoms with van der Waals surface area (Å²) in [5.41, 5.74) is 0. The lowest BCUT2D eigenvalue weighted by atomic mass is 9.89. The van der Waals surface area contributed by atoms with Crippen molar-refractivity contribution in [2.24, 2.45) is 5.92 Å². The minimum absolute atomic E-state index is 0.837. The van der Waals surface area contributed by atoms with Crippen molar-refractivity contribution in [3.63, 3.8) is 0 Å². The van der Waals surface area contributed by atoms with E-state index in [2.05, 4.69) is 23.3 Å². The van der Waals surface area contributed by atoms with Crippen molar-refractivity contribution in [1.82, 2.24) is 5.32 Å². The zero-order chi connectivity index (χ0) is 10.5. The minimum atomic E-state index is 0.837. The Bertz CT molecular complexity index is 177. The molecule has 88 valence electrons. The van der Waals surface area contributed by atoms with Gasteiger partial charge in [-0.05, 0) is 50.8 Å². The number of hydrogen-bond acceptors (Lipinski definition) is 2. The molecule has 2 fully saturated rings. The van der Waals surface area contributed by atoms with E-state index >= 15 is 0 Å². The van der Waals surface area contributed by atoms with E-state index in [1.165, 1.54) is 57.9 Å². The summed E-state index contributed by atoms with van der Waals surface area (Å²) in [6, 6.07) is 0.837. The summed E-state index contributed by atoms with van der Waals surface area (Å²) in [5, 5.41) is 4.74. The molecule has 2 unspecified atom stereocenters. The molecule has 0 aromatic heterocycles. The molecule has 2 atom stereocenters. The summed E-state index contributed by atoms with van der Waals surface area (Å²) in [7, 11) is 0. The average molecular weight is 227 g/mol. The molecule has 0 aromatic rings. The topological polar surface area (TPSA) is 12.0 Å². The molecule has 0 aliphatic heterocycles. The Balaban J connectivity index is 1.61. The first-order valence-corrected chi connectivity index (χ1v) is 7.93. The molecular formula is C13H25NS. The largest absolute Gasteiger partial charge is 0.314 e. The van der Waals surface area contributed by atoms with Crippen LogP contribution in [0.2, 0.25) is 0 Å². The highest BCUT2D eigenvalue weighted by Crippen LogP contribution is 2.29. The highest BCUT2D eigenvalue weighted by molar-refractivity contribution is 7.99. The molecule has 2 aliphatic rings. The summed E-state index contributed by atoms with van der Waals surface area (Å²) >= 11 is 2.06. The van der Waals surface area contributed by atoms with Crippen LogP contribution in [0.15, 0.2) is 0 Å². The van der Waals surface area contributed by atoms with Gasteiger partial charge in [0.2, 0.25) is 0 Å². The zero-order valence-electron chi connectivity index (χ0n) is 10.0. The number of nitrogens with one attached hydrogen (secondary N) is 1. The van der Waals surface area contributed by atoms with Crippen molar-refractivity contribution < 1.29 is 0 Å². The Kier molecular flexibility index (Phi) is 4.83. The van der Waals surface area contributed by atoms with Crippen LogP contribution in [0.5, 0.6) is 0 Å². The van der Waals surface area contributed by atoms with Crippen LogP contribution in [0.25, 0.3) is 0 Å².